The summed E-state index contributed by atoms with van der Waals surface area (Å²) in [6, 6.07) is 15.8. The molecular formula is C17H19ClN2OS2. The van der Waals surface area contributed by atoms with Crippen LogP contribution >= 0.6 is 35.6 Å². The van der Waals surface area contributed by atoms with Gasteiger partial charge in [-0.3, -0.25) is 0 Å². The second-order valence-corrected chi connectivity index (χ2v) is 6.71. The van der Waals surface area contributed by atoms with Crippen molar-refractivity contribution in [1.29, 1.82) is 0 Å². The molecule has 0 aliphatic rings. The fraction of sp³-hybridized carbons (Fsp3) is 0.235. The molecule has 0 saturated heterocycles. The number of nitrogens with one attached hydrogen (secondary N) is 2. The smallest absolute Gasteiger partial charge is 0.170 e. The van der Waals surface area contributed by atoms with Crippen molar-refractivity contribution in [2.24, 2.45) is 0 Å². The van der Waals surface area contributed by atoms with Crippen LogP contribution in [0.15, 0.2) is 48.5 Å². The molecule has 23 heavy (non-hydrogen) atoms. The highest BCUT2D eigenvalue weighted by Crippen LogP contribution is 2.27. The lowest BCUT2D eigenvalue weighted by molar-refractivity contribution is 0.417. The van der Waals surface area contributed by atoms with E-state index in [9.17, 15) is 0 Å². The number of benzene rings is 2. The molecule has 0 spiro atoms. The molecule has 6 heteroatoms. The van der Waals surface area contributed by atoms with E-state index >= 15 is 0 Å². The van der Waals surface area contributed by atoms with Crippen molar-refractivity contribution in [3.8, 4) is 5.75 Å². The minimum absolute atomic E-state index is 0.561. The number of hydrogen-bond donors (Lipinski definition) is 2. The highest BCUT2D eigenvalue weighted by atomic mass is 35.5. The summed E-state index contributed by atoms with van der Waals surface area (Å²) in [6.07, 6.45) is 0. The van der Waals surface area contributed by atoms with Crippen molar-refractivity contribution in [1.82, 2.24) is 5.32 Å². The molecule has 2 aromatic rings. The number of halogens is 1. The Labute approximate surface area is 151 Å². The van der Waals surface area contributed by atoms with Gasteiger partial charge >= 0.3 is 0 Å². The van der Waals surface area contributed by atoms with Crippen LogP contribution in [0.1, 0.15) is 5.56 Å². The largest absolute Gasteiger partial charge is 0.495 e. The lowest BCUT2D eigenvalue weighted by Gasteiger charge is -2.13. The van der Waals surface area contributed by atoms with Gasteiger partial charge in [0.15, 0.2) is 5.11 Å². The first-order valence-electron chi connectivity index (χ1n) is 7.19. The van der Waals surface area contributed by atoms with Crippen LogP contribution in [0.2, 0.25) is 5.02 Å². The van der Waals surface area contributed by atoms with Gasteiger partial charge in [0.05, 0.1) is 12.8 Å². The van der Waals surface area contributed by atoms with Gasteiger partial charge in [-0.2, -0.15) is 11.8 Å². The zero-order valence-corrected chi connectivity index (χ0v) is 15.2. The average molecular weight is 367 g/mol. The Bertz CT molecular complexity index is 638. The Morgan fingerprint density at radius 2 is 2.00 bits per heavy atom. The summed E-state index contributed by atoms with van der Waals surface area (Å²) >= 11 is 13.2. The maximum absolute atomic E-state index is 6.00. The molecule has 0 amide bonds. The lowest BCUT2D eigenvalue weighted by atomic mass is 10.2. The summed E-state index contributed by atoms with van der Waals surface area (Å²) in [6.45, 7) is 0.798. The van der Waals surface area contributed by atoms with Crippen molar-refractivity contribution in [3.05, 3.63) is 59.1 Å². The Kier molecular flexibility index (Phi) is 7.52. The van der Waals surface area contributed by atoms with E-state index in [-0.39, 0.29) is 0 Å². The van der Waals surface area contributed by atoms with Crippen LogP contribution < -0.4 is 15.4 Å². The van der Waals surface area contributed by atoms with Gasteiger partial charge in [0.1, 0.15) is 5.75 Å². The molecule has 0 saturated carbocycles. The Morgan fingerprint density at radius 1 is 1.22 bits per heavy atom. The number of thioether (sulfide) groups is 1. The molecule has 0 fully saturated rings. The van der Waals surface area contributed by atoms with Crippen LogP contribution in [0.25, 0.3) is 0 Å². The molecule has 0 unspecified atom stereocenters. The first kappa shape index (κ1) is 17.9. The number of ether oxygens (including phenoxy) is 1. The third-order valence-electron chi connectivity index (χ3n) is 3.05. The van der Waals surface area contributed by atoms with Crippen LogP contribution in [0, 0.1) is 0 Å². The summed E-state index contributed by atoms with van der Waals surface area (Å²) in [5.41, 5.74) is 2.09. The third kappa shape index (κ3) is 6.29. The minimum Gasteiger partial charge on any atom is -0.495 e. The van der Waals surface area contributed by atoms with Gasteiger partial charge in [-0.1, -0.05) is 41.9 Å². The van der Waals surface area contributed by atoms with E-state index in [0.717, 1.165) is 23.7 Å². The Balaban J connectivity index is 1.70. The predicted molar refractivity (Wildman–Crippen MR) is 105 cm³/mol. The second-order valence-electron chi connectivity index (χ2n) is 4.76. The van der Waals surface area contributed by atoms with Gasteiger partial charge < -0.3 is 15.4 Å². The van der Waals surface area contributed by atoms with Crippen LogP contribution in [-0.2, 0) is 5.75 Å². The topological polar surface area (TPSA) is 33.3 Å². The zero-order chi connectivity index (χ0) is 16.5. The number of hydrogen-bond acceptors (Lipinski definition) is 3. The standard InChI is InChI=1S/C17H19ClN2OS2/c1-21-16-8-7-14(18)11-15(16)20-17(22)19-9-10-23-12-13-5-3-2-4-6-13/h2-8,11H,9-10,12H2,1H3,(H2,19,20,22). The first-order chi connectivity index (χ1) is 11.2. The van der Waals surface area contributed by atoms with Crippen LogP contribution in [0.4, 0.5) is 5.69 Å². The lowest BCUT2D eigenvalue weighted by Crippen LogP contribution is -2.30. The molecule has 0 atom stereocenters. The fourth-order valence-electron chi connectivity index (χ4n) is 1.95. The summed E-state index contributed by atoms with van der Waals surface area (Å²) in [4.78, 5) is 0. The molecule has 2 rings (SSSR count). The highest BCUT2D eigenvalue weighted by Gasteiger charge is 2.05. The van der Waals surface area contributed by atoms with Gasteiger partial charge in [0.25, 0.3) is 0 Å². The molecule has 2 N–H and O–H groups in total. The minimum atomic E-state index is 0.561. The molecule has 0 heterocycles. The van der Waals surface area contributed by atoms with Gasteiger partial charge in [0, 0.05) is 23.1 Å². The van der Waals surface area contributed by atoms with Crippen molar-refractivity contribution in [2.75, 3.05) is 24.7 Å². The average Bonchev–Trinajstić information content (AvgIpc) is 2.56. The van der Waals surface area contributed by atoms with Gasteiger partial charge in [-0.05, 0) is 36.0 Å². The van der Waals surface area contributed by atoms with Crippen molar-refractivity contribution < 1.29 is 4.74 Å². The molecule has 0 radical (unpaired) electrons. The molecular weight excluding hydrogens is 348 g/mol. The van der Waals surface area contributed by atoms with E-state index in [2.05, 4.69) is 34.9 Å². The van der Waals surface area contributed by atoms with Crippen LogP contribution in [0.5, 0.6) is 5.75 Å². The normalized spacial score (nSPS) is 10.2. The van der Waals surface area contributed by atoms with E-state index in [1.54, 1.807) is 19.2 Å². The summed E-state index contributed by atoms with van der Waals surface area (Å²) in [5.74, 6) is 2.69. The Hall–Kier alpha value is -1.43. The van der Waals surface area contributed by atoms with Crippen LogP contribution in [-0.4, -0.2) is 24.5 Å². The van der Waals surface area contributed by atoms with Gasteiger partial charge in [-0.15, -0.1) is 0 Å². The second kappa shape index (κ2) is 9.65. The molecule has 0 aliphatic carbocycles. The first-order valence-corrected chi connectivity index (χ1v) is 9.13. The maximum Gasteiger partial charge on any atom is 0.170 e. The maximum atomic E-state index is 6.00. The van der Waals surface area contributed by atoms with Crippen molar-refractivity contribution >= 4 is 46.4 Å². The summed E-state index contributed by atoms with van der Waals surface area (Å²) in [5, 5.41) is 7.50. The highest BCUT2D eigenvalue weighted by molar-refractivity contribution is 7.98. The summed E-state index contributed by atoms with van der Waals surface area (Å²) in [7, 11) is 1.62. The summed E-state index contributed by atoms with van der Waals surface area (Å²) < 4.78 is 5.28. The SMILES string of the molecule is COc1ccc(Cl)cc1NC(=S)NCCSCc1ccccc1. The number of methoxy groups -OCH3 is 1. The molecule has 0 bridgehead atoms. The van der Waals surface area contributed by atoms with E-state index in [0.29, 0.717) is 15.9 Å². The fourth-order valence-corrected chi connectivity index (χ4v) is 3.15. The molecule has 122 valence electrons. The molecule has 2 aromatic carbocycles. The Morgan fingerprint density at radius 3 is 2.74 bits per heavy atom. The van der Waals surface area contributed by atoms with E-state index in [1.807, 2.05) is 23.9 Å². The monoisotopic (exact) mass is 366 g/mol. The number of anilines is 1. The van der Waals surface area contributed by atoms with E-state index < -0.39 is 0 Å². The predicted octanol–water partition coefficient (Wildman–Crippen LogP) is 4.57. The molecule has 0 aromatic heterocycles. The van der Waals surface area contributed by atoms with Crippen molar-refractivity contribution in [3.63, 3.8) is 0 Å². The van der Waals surface area contributed by atoms with E-state index in [4.69, 9.17) is 28.6 Å². The van der Waals surface area contributed by atoms with Gasteiger partial charge in [-0.25, -0.2) is 0 Å². The number of thiocarbonyl (C=S) groups is 1. The van der Waals surface area contributed by atoms with Crippen LogP contribution in [0.3, 0.4) is 0 Å². The number of rotatable bonds is 7. The van der Waals surface area contributed by atoms with Gasteiger partial charge in [0.2, 0.25) is 0 Å². The third-order valence-corrected chi connectivity index (χ3v) is 4.56. The molecule has 3 nitrogen and oxygen atoms in total. The van der Waals surface area contributed by atoms with E-state index in [1.165, 1.54) is 5.56 Å². The zero-order valence-electron chi connectivity index (χ0n) is 12.8. The quantitative estimate of drug-likeness (QED) is 0.554. The molecule has 0 aliphatic heterocycles. The van der Waals surface area contributed by atoms with Crippen molar-refractivity contribution in [2.45, 2.75) is 5.75 Å².